The third-order valence-corrected chi connectivity index (χ3v) is 3.76. The molecule has 0 aliphatic rings. The lowest BCUT2D eigenvalue weighted by Gasteiger charge is -2.13. The van der Waals surface area contributed by atoms with Crippen molar-refractivity contribution < 1.29 is 9.13 Å². The van der Waals surface area contributed by atoms with Crippen molar-refractivity contribution in [3.63, 3.8) is 0 Å². The minimum absolute atomic E-state index is 0.212. The Kier molecular flexibility index (Phi) is 3.42. The van der Waals surface area contributed by atoms with E-state index in [2.05, 4.69) is 4.98 Å². The van der Waals surface area contributed by atoms with Gasteiger partial charge < -0.3 is 10.5 Å². The number of thiazole rings is 1. The number of rotatable bonds is 4. The molecular weight excluding hydrogens is 277 g/mol. The molecule has 2 N–H and O–H groups in total. The van der Waals surface area contributed by atoms with Crippen molar-refractivity contribution in [1.29, 1.82) is 0 Å². The average molecular weight is 291 g/mol. The Morgan fingerprint density at radius 1 is 1.50 bits per heavy atom. The predicted octanol–water partition coefficient (Wildman–Crippen LogP) is 3.13. The van der Waals surface area contributed by atoms with Crippen LogP contribution in [0.3, 0.4) is 0 Å². The maximum atomic E-state index is 13.3. The Morgan fingerprint density at radius 2 is 2.35 bits per heavy atom. The summed E-state index contributed by atoms with van der Waals surface area (Å²) in [6.07, 6.45) is 3.84. The number of nitrogens with zero attached hydrogens (tertiary/aromatic N) is 2. The molecule has 0 radical (unpaired) electrons. The van der Waals surface area contributed by atoms with E-state index >= 15 is 0 Å². The van der Waals surface area contributed by atoms with Crippen molar-refractivity contribution in [2.45, 2.75) is 19.6 Å². The summed E-state index contributed by atoms with van der Waals surface area (Å²) < 4.78 is 20.9. The maximum absolute atomic E-state index is 13.3. The summed E-state index contributed by atoms with van der Waals surface area (Å²) in [5, 5.41) is 1.97. The van der Waals surface area contributed by atoms with Crippen LogP contribution in [0.1, 0.15) is 24.2 Å². The second-order valence-electron chi connectivity index (χ2n) is 4.58. The molecule has 0 unspecified atom stereocenters. The monoisotopic (exact) mass is 291 g/mol. The number of ether oxygens (including phenoxy) is 1. The Morgan fingerprint density at radius 3 is 3.10 bits per heavy atom. The van der Waals surface area contributed by atoms with Gasteiger partial charge in [-0.2, -0.15) is 0 Å². The highest BCUT2D eigenvalue weighted by Crippen LogP contribution is 2.25. The fourth-order valence-corrected chi connectivity index (χ4v) is 2.73. The van der Waals surface area contributed by atoms with E-state index < -0.39 is 0 Å². The predicted molar refractivity (Wildman–Crippen MR) is 76.4 cm³/mol. The molecule has 20 heavy (non-hydrogen) atoms. The standard InChI is InChI=1S/C14H14FN3OS/c1-9(16)12-3-2-10(15)6-13(12)19-8-11-7-18-4-5-20-14(18)17-11/h2-7,9H,8,16H2,1H3/t9-/m0/s1. The number of imidazole rings is 1. The molecule has 6 heteroatoms. The highest BCUT2D eigenvalue weighted by atomic mass is 32.1. The summed E-state index contributed by atoms with van der Waals surface area (Å²) in [5.74, 6) is 0.131. The molecule has 0 amide bonds. The minimum Gasteiger partial charge on any atom is -0.487 e. The van der Waals surface area contributed by atoms with E-state index in [-0.39, 0.29) is 18.5 Å². The highest BCUT2D eigenvalue weighted by molar-refractivity contribution is 7.15. The van der Waals surface area contributed by atoms with E-state index in [1.54, 1.807) is 17.4 Å². The molecule has 3 rings (SSSR count). The van der Waals surface area contributed by atoms with Crippen molar-refractivity contribution in [3.05, 3.63) is 53.0 Å². The van der Waals surface area contributed by atoms with Gasteiger partial charge in [0.25, 0.3) is 0 Å². The Bertz CT molecular complexity index is 706. The van der Waals surface area contributed by atoms with Crippen LogP contribution in [0.25, 0.3) is 4.96 Å². The van der Waals surface area contributed by atoms with Gasteiger partial charge in [-0.25, -0.2) is 9.37 Å². The Labute approximate surface area is 119 Å². The number of aromatic nitrogens is 2. The van der Waals surface area contributed by atoms with Gasteiger partial charge in [0.2, 0.25) is 0 Å². The fourth-order valence-electron chi connectivity index (χ4n) is 2.01. The highest BCUT2D eigenvalue weighted by Gasteiger charge is 2.11. The average Bonchev–Trinajstić information content (AvgIpc) is 2.96. The molecule has 0 aliphatic heterocycles. The lowest BCUT2D eigenvalue weighted by molar-refractivity contribution is 0.296. The second-order valence-corrected chi connectivity index (χ2v) is 5.46. The molecule has 4 nitrogen and oxygen atoms in total. The van der Waals surface area contributed by atoms with Crippen LogP contribution in [-0.2, 0) is 6.61 Å². The van der Waals surface area contributed by atoms with Crippen molar-refractivity contribution in [2.24, 2.45) is 5.73 Å². The van der Waals surface area contributed by atoms with Crippen LogP contribution in [0.2, 0.25) is 0 Å². The van der Waals surface area contributed by atoms with Gasteiger partial charge in [0, 0.05) is 35.4 Å². The normalized spacial score (nSPS) is 12.8. The van der Waals surface area contributed by atoms with Crippen LogP contribution in [0.15, 0.2) is 36.0 Å². The molecule has 0 aliphatic carbocycles. The van der Waals surface area contributed by atoms with Gasteiger partial charge in [-0.05, 0) is 13.0 Å². The minimum atomic E-state index is -0.338. The van der Waals surface area contributed by atoms with E-state index in [9.17, 15) is 4.39 Å². The van der Waals surface area contributed by atoms with Gasteiger partial charge in [-0.15, -0.1) is 11.3 Å². The van der Waals surface area contributed by atoms with Gasteiger partial charge in [-0.3, -0.25) is 4.40 Å². The number of nitrogens with two attached hydrogens (primary N) is 1. The molecule has 3 aromatic rings. The van der Waals surface area contributed by atoms with Gasteiger partial charge in [0.05, 0.1) is 5.69 Å². The van der Waals surface area contributed by atoms with E-state index in [0.717, 1.165) is 16.2 Å². The molecule has 0 fully saturated rings. The third-order valence-electron chi connectivity index (χ3n) is 2.98. The number of halogens is 1. The van der Waals surface area contributed by atoms with Crippen LogP contribution in [0, 0.1) is 5.82 Å². The summed E-state index contributed by atoms with van der Waals surface area (Å²) >= 11 is 1.56. The first-order valence-corrected chi connectivity index (χ1v) is 7.10. The lowest BCUT2D eigenvalue weighted by atomic mass is 10.1. The zero-order valence-electron chi connectivity index (χ0n) is 10.9. The number of benzene rings is 1. The Balaban J connectivity index is 1.80. The molecule has 2 aromatic heterocycles. The first-order valence-electron chi connectivity index (χ1n) is 6.22. The van der Waals surface area contributed by atoms with Crippen LogP contribution < -0.4 is 10.5 Å². The van der Waals surface area contributed by atoms with Crippen LogP contribution >= 0.6 is 11.3 Å². The molecule has 0 spiro atoms. The molecule has 0 saturated carbocycles. The van der Waals surface area contributed by atoms with E-state index in [4.69, 9.17) is 10.5 Å². The summed E-state index contributed by atoms with van der Waals surface area (Å²) in [6.45, 7) is 2.13. The van der Waals surface area contributed by atoms with Gasteiger partial charge in [0.15, 0.2) is 4.96 Å². The topological polar surface area (TPSA) is 52.5 Å². The van der Waals surface area contributed by atoms with Gasteiger partial charge >= 0.3 is 0 Å². The maximum Gasteiger partial charge on any atom is 0.193 e. The summed E-state index contributed by atoms with van der Waals surface area (Å²) in [6, 6.07) is 4.19. The molecular formula is C14H14FN3OS. The zero-order valence-corrected chi connectivity index (χ0v) is 11.7. The summed E-state index contributed by atoms with van der Waals surface area (Å²) in [5.41, 5.74) is 7.44. The first kappa shape index (κ1) is 13.1. The number of hydrogen-bond donors (Lipinski definition) is 1. The van der Waals surface area contributed by atoms with E-state index in [0.29, 0.717) is 5.75 Å². The quantitative estimate of drug-likeness (QED) is 0.803. The fraction of sp³-hybridized carbons (Fsp3) is 0.214. The number of fused-ring (bicyclic) bond motifs is 1. The van der Waals surface area contributed by atoms with Gasteiger partial charge in [0.1, 0.15) is 18.2 Å². The largest absolute Gasteiger partial charge is 0.487 e. The molecule has 0 bridgehead atoms. The molecule has 1 atom stereocenters. The molecule has 1 aromatic carbocycles. The molecule has 2 heterocycles. The lowest BCUT2D eigenvalue weighted by Crippen LogP contribution is -2.08. The smallest absolute Gasteiger partial charge is 0.193 e. The SMILES string of the molecule is C[C@H](N)c1ccc(F)cc1OCc1cn2ccsc2n1. The van der Waals surface area contributed by atoms with E-state index in [1.165, 1.54) is 12.1 Å². The van der Waals surface area contributed by atoms with Crippen LogP contribution in [-0.4, -0.2) is 9.38 Å². The van der Waals surface area contributed by atoms with Crippen molar-refractivity contribution >= 4 is 16.3 Å². The van der Waals surface area contributed by atoms with Crippen LogP contribution in [0.5, 0.6) is 5.75 Å². The summed E-state index contributed by atoms with van der Waals surface area (Å²) in [4.78, 5) is 5.33. The Hall–Kier alpha value is -1.92. The first-order chi connectivity index (χ1) is 9.63. The van der Waals surface area contributed by atoms with Crippen molar-refractivity contribution in [2.75, 3.05) is 0 Å². The third kappa shape index (κ3) is 2.52. The second kappa shape index (κ2) is 5.22. The van der Waals surface area contributed by atoms with Gasteiger partial charge in [-0.1, -0.05) is 6.07 Å². The molecule has 0 saturated heterocycles. The zero-order chi connectivity index (χ0) is 14.1. The van der Waals surface area contributed by atoms with E-state index in [1.807, 2.05) is 29.1 Å². The van der Waals surface area contributed by atoms with Crippen molar-refractivity contribution in [1.82, 2.24) is 9.38 Å². The number of hydrogen-bond acceptors (Lipinski definition) is 4. The molecule has 104 valence electrons. The summed E-state index contributed by atoms with van der Waals surface area (Å²) in [7, 11) is 0. The van der Waals surface area contributed by atoms with Crippen molar-refractivity contribution in [3.8, 4) is 5.75 Å². The van der Waals surface area contributed by atoms with Crippen LogP contribution in [0.4, 0.5) is 4.39 Å².